The number of rotatable bonds is 0. The number of hydrogen-bond donors (Lipinski definition) is 2. The van der Waals surface area contributed by atoms with E-state index in [-0.39, 0.29) is 0 Å². The average Bonchev–Trinajstić information content (AvgIpc) is 2.32. The van der Waals surface area contributed by atoms with Crippen LogP contribution in [0.4, 0.5) is 0 Å². The molecule has 0 spiro atoms. The molecule has 0 aliphatic carbocycles. The van der Waals surface area contributed by atoms with Crippen LogP contribution >= 0.6 is 0 Å². The maximum absolute atomic E-state index is 11.2. The first-order valence-corrected chi connectivity index (χ1v) is 3.78. The molecule has 0 aromatic carbocycles. The molecule has 0 unspecified atom stereocenters. The zero-order valence-corrected chi connectivity index (χ0v) is 7.21. The number of aromatic amines is 2. The summed E-state index contributed by atoms with van der Waals surface area (Å²) in [6, 6.07) is 0. The van der Waals surface area contributed by atoms with Gasteiger partial charge < -0.3 is 0 Å². The molecule has 2 heterocycles. The van der Waals surface area contributed by atoms with E-state index in [1.165, 1.54) is 0 Å². The van der Waals surface area contributed by atoms with E-state index < -0.39 is 11.4 Å². The summed E-state index contributed by atoms with van der Waals surface area (Å²) in [5, 5.41) is 3.96. The molecule has 2 rings (SSSR count). The van der Waals surface area contributed by atoms with Gasteiger partial charge in [-0.15, -0.1) is 0 Å². The van der Waals surface area contributed by atoms with Gasteiger partial charge in [0.2, 0.25) is 0 Å². The number of hydrogen-bond acceptors (Lipinski definition) is 3. The Bertz CT molecular complexity index is 574. The predicted octanol–water partition coefficient (Wildman–Crippen LogP) is -0.672. The summed E-state index contributed by atoms with van der Waals surface area (Å²) in [6.07, 6.45) is 0. The summed E-state index contributed by atoms with van der Waals surface area (Å²) in [4.78, 5) is 26.7. The van der Waals surface area contributed by atoms with E-state index in [1.807, 2.05) is 0 Å². The second kappa shape index (κ2) is 2.32. The number of aryl methyl sites for hydroxylation is 2. The Labute approximate surface area is 72.2 Å². The molecule has 2 N–H and O–H groups in total. The van der Waals surface area contributed by atoms with E-state index in [1.54, 1.807) is 13.8 Å². The van der Waals surface area contributed by atoms with Gasteiger partial charge in [-0.05, 0) is 13.8 Å². The largest absolute Gasteiger partial charge is 0.352 e. The van der Waals surface area contributed by atoms with E-state index in [9.17, 15) is 9.59 Å². The highest BCUT2D eigenvalue weighted by Crippen LogP contribution is 2.06. The lowest BCUT2D eigenvalue weighted by Gasteiger charge is -1.89. The van der Waals surface area contributed by atoms with Gasteiger partial charge >= 0.3 is 11.4 Å². The fraction of sp³-hybridized carbons (Fsp3) is 0.286. The van der Waals surface area contributed by atoms with Gasteiger partial charge in [0.1, 0.15) is 5.65 Å². The van der Waals surface area contributed by atoms with Gasteiger partial charge in [-0.2, -0.15) is 9.61 Å². The number of aromatic nitrogens is 4. The maximum atomic E-state index is 11.2. The van der Waals surface area contributed by atoms with Crippen LogP contribution in [0.1, 0.15) is 11.3 Å². The van der Waals surface area contributed by atoms with Crippen LogP contribution in [0, 0.1) is 13.8 Å². The first-order chi connectivity index (χ1) is 6.09. The van der Waals surface area contributed by atoms with Crippen LogP contribution in [0.25, 0.3) is 5.65 Å². The van der Waals surface area contributed by atoms with Crippen LogP contribution in [0.3, 0.4) is 0 Å². The van der Waals surface area contributed by atoms with Gasteiger partial charge in [0, 0.05) is 5.56 Å². The molecule has 13 heavy (non-hydrogen) atoms. The van der Waals surface area contributed by atoms with Gasteiger partial charge in [-0.1, -0.05) is 0 Å². The monoisotopic (exact) mass is 180 g/mol. The molecule has 0 aliphatic rings. The Hall–Kier alpha value is -1.85. The van der Waals surface area contributed by atoms with Crippen molar-refractivity contribution in [1.29, 1.82) is 0 Å². The van der Waals surface area contributed by atoms with Gasteiger partial charge in [0.25, 0.3) is 0 Å². The third kappa shape index (κ3) is 0.986. The van der Waals surface area contributed by atoms with E-state index in [4.69, 9.17) is 0 Å². The lowest BCUT2D eigenvalue weighted by molar-refractivity contribution is 0.811. The molecule has 6 nitrogen and oxygen atoms in total. The fourth-order valence-corrected chi connectivity index (χ4v) is 1.19. The van der Waals surface area contributed by atoms with E-state index >= 15 is 0 Å². The SMILES string of the molecule is Cc1nn2c(=O)[nH]c(=O)[nH]c2c1C. The summed E-state index contributed by atoms with van der Waals surface area (Å²) >= 11 is 0. The van der Waals surface area contributed by atoms with Gasteiger partial charge in [-0.3, -0.25) is 9.97 Å². The highest BCUT2D eigenvalue weighted by Gasteiger charge is 2.07. The Kier molecular flexibility index (Phi) is 1.39. The molecule has 2 aromatic heterocycles. The quantitative estimate of drug-likeness (QED) is 0.563. The van der Waals surface area contributed by atoms with Gasteiger partial charge in [0.05, 0.1) is 5.69 Å². The Morgan fingerprint density at radius 3 is 2.62 bits per heavy atom. The zero-order valence-electron chi connectivity index (χ0n) is 7.21. The molecular weight excluding hydrogens is 172 g/mol. The summed E-state index contributed by atoms with van der Waals surface area (Å²) in [5.74, 6) is 0. The van der Waals surface area contributed by atoms with Crippen LogP contribution in [-0.2, 0) is 0 Å². The number of fused-ring (bicyclic) bond motifs is 1. The lowest BCUT2D eigenvalue weighted by Crippen LogP contribution is -2.28. The topological polar surface area (TPSA) is 83.0 Å². The van der Waals surface area contributed by atoms with Crippen molar-refractivity contribution in [3.05, 3.63) is 32.2 Å². The summed E-state index contributed by atoms with van der Waals surface area (Å²) in [5.41, 5.74) is 0.956. The maximum Gasteiger partial charge on any atom is 0.352 e. The van der Waals surface area contributed by atoms with Crippen molar-refractivity contribution in [3.63, 3.8) is 0 Å². The Balaban J connectivity index is 3.12. The zero-order chi connectivity index (χ0) is 9.59. The van der Waals surface area contributed by atoms with Crippen molar-refractivity contribution >= 4 is 5.65 Å². The smallest absolute Gasteiger partial charge is 0.291 e. The molecule has 0 fully saturated rings. The van der Waals surface area contributed by atoms with Crippen LogP contribution in [0.15, 0.2) is 9.59 Å². The Morgan fingerprint density at radius 2 is 1.92 bits per heavy atom. The summed E-state index contributed by atoms with van der Waals surface area (Å²) in [6.45, 7) is 3.58. The standard InChI is InChI=1S/C7H8N4O2/c1-3-4(2)10-11-5(3)8-6(12)9-7(11)13/h1-2H3,(H2,8,9,12,13). The predicted molar refractivity (Wildman–Crippen MR) is 45.9 cm³/mol. The van der Waals surface area contributed by atoms with Crippen molar-refractivity contribution in [1.82, 2.24) is 19.6 Å². The molecule has 0 saturated heterocycles. The van der Waals surface area contributed by atoms with Crippen LogP contribution in [-0.4, -0.2) is 19.6 Å². The minimum absolute atomic E-state index is 0.450. The number of nitrogens with zero attached hydrogens (tertiary/aromatic N) is 2. The summed E-state index contributed by atoms with van der Waals surface area (Å²) in [7, 11) is 0. The summed E-state index contributed by atoms with van der Waals surface area (Å²) < 4.78 is 1.14. The van der Waals surface area contributed by atoms with Gasteiger partial charge in [0.15, 0.2) is 0 Å². The van der Waals surface area contributed by atoms with E-state index in [2.05, 4.69) is 15.1 Å². The molecule has 0 saturated carbocycles. The van der Waals surface area contributed by atoms with Crippen LogP contribution < -0.4 is 11.4 Å². The minimum atomic E-state index is -0.519. The second-order valence-corrected chi connectivity index (χ2v) is 2.86. The third-order valence-electron chi connectivity index (χ3n) is 2.00. The molecule has 0 radical (unpaired) electrons. The highest BCUT2D eigenvalue weighted by atomic mass is 16.2. The van der Waals surface area contributed by atoms with Crippen LogP contribution in [0.5, 0.6) is 0 Å². The molecule has 68 valence electrons. The molecule has 0 bridgehead atoms. The molecule has 0 amide bonds. The van der Waals surface area contributed by atoms with E-state index in [0.717, 1.165) is 15.8 Å². The lowest BCUT2D eigenvalue weighted by atomic mass is 10.3. The fourth-order valence-electron chi connectivity index (χ4n) is 1.19. The second-order valence-electron chi connectivity index (χ2n) is 2.86. The van der Waals surface area contributed by atoms with Crippen molar-refractivity contribution in [2.24, 2.45) is 0 Å². The van der Waals surface area contributed by atoms with Crippen molar-refractivity contribution in [3.8, 4) is 0 Å². The average molecular weight is 180 g/mol. The third-order valence-corrected chi connectivity index (χ3v) is 2.00. The Morgan fingerprint density at radius 1 is 1.23 bits per heavy atom. The van der Waals surface area contributed by atoms with E-state index in [0.29, 0.717) is 5.65 Å². The van der Waals surface area contributed by atoms with Crippen molar-refractivity contribution in [2.45, 2.75) is 13.8 Å². The minimum Gasteiger partial charge on any atom is -0.291 e. The molecule has 2 aromatic rings. The normalized spacial score (nSPS) is 10.9. The van der Waals surface area contributed by atoms with Crippen molar-refractivity contribution < 1.29 is 0 Å². The number of H-pyrrole nitrogens is 2. The first-order valence-electron chi connectivity index (χ1n) is 3.78. The first kappa shape index (κ1) is 7.78. The molecular formula is C7H8N4O2. The van der Waals surface area contributed by atoms with Gasteiger partial charge in [-0.25, -0.2) is 9.59 Å². The molecule has 0 aliphatic heterocycles. The molecule has 0 atom stereocenters. The van der Waals surface area contributed by atoms with Crippen LogP contribution in [0.2, 0.25) is 0 Å². The number of nitrogens with one attached hydrogen (secondary N) is 2. The molecule has 6 heteroatoms. The van der Waals surface area contributed by atoms with Crippen molar-refractivity contribution in [2.75, 3.05) is 0 Å². The highest BCUT2D eigenvalue weighted by molar-refractivity contribution is 5.47.